The Morgan fingerprint density at radius 1 is 1.42 bits per heavy atom. The molecule has 1 rings (SSSR count). The van der Waals surface area contributed by atoms with E-state index in [4.69, 9.17) is 22.2 Å². The van der Waals surface area contributed by atoms with Gasteiger partial charge in [0, 0.05) is 17.2 Å². The zero-order valence-electron chi connectivity index (χ0n) is 11.3. The maximum atomic E-state index is 14.0. The van der Waals surface area contributed by atoms with Gasteiger partial charge in [-0.3, -0.25) is 5.84 Å². The predicted molar refractivity (Wildman–Crippen MR) is 71.8 cm³/mol. The molecule has 2 unspecified atom stereocenters. The van der Waals surface area contributed by atoms with Gasteiger partial charge in [0.1, 0.15) is 0 Å². The van der Waals surface area contributed by atoms with Gasteiger partial charge in [-0.05, 0) is 32.4 Å². The van der Waals surface area contributed by atoms with E-state index in [0.717, 1.165) is 6.07 Å². The van der Waals surface area contributed by atoms with Crippen molar-refractivity contribution in [3.05, 3.63) is 34.4 Å². The van der Waals surface area contributed by atoms with Crippen LogP contribution >= 0.6 is 11.6 Å². The summed E-state index contributed by atoms with van der Waals surface area (Å²) in [6.45, 7) is 5.91. The lowest BCUT2D eigenvalue weighted by atomic mass is 9.87. The summed E-state index contributed by atoms with van der Waals surface area (Å²) in [4.78, 5) is 0. The average Bonchev–Trinajstić information content (AvgIpc) is 2.39. The zero-order valence-corrected chi connectivity index (χ0v) is 12.0. The van der Waals surface area contributed by atoms with E-state index in [1.165, 1.54) is 6.07 Å². The lowest BCUT2D eigenvalue weighted by Gasteiger charge is -2.37. The smallest absolute Gasteiger partial charge is 0.165 e. The molecular formula is C13H19ClF2N2O. The highest BCUT2D eigenvalue weighted by Crippen LogP contribution is 2.37. The van der Waals surface area contributed by atoms with Crippen LogP contribution in [0.4, 0.5) is 8.78 Å². The molecule has 0 saturated heterocycles. The fraction of sp³-hybridized carbons (Fsp3) is 0.538. The highest BCUT2D eigenvalue weighted by atomic mass is 35.5. The number of hydrogen-bond donors (Lipinski definition) is 2. The molecule has 6 heteroatoms. The Labute approximate surface area is 117 Å². The second kappa shape index (κ2) is 6.61. The van der Waals surface area contributed by atoms with E-state index in [-0.39, 0.29) is 10.6 Å². The number of rotatable bonds is 6. The van der Waals surface area contributed by atoms with Crippen molar-refractivity contribution in [2.75, 3.05) is 6.61 Å². The first-order valence-electron chi connectivity index (χ1n) is 6.14. The first-order valence-corrected chi connectivity index (χ1v) is 6.52. The minimum Gasteiger partial charge on any atom is -0.374 e. The fourth-order valence-electron chi connectivity index (χ4n) is 2.09. The van der Waals surface area contributed by atoms with Crippen molar-refractivity contribution in [3.63, 3.8) is 0 Å². The summed E-state index contributed by atoms with van der Waals surface area (Å²) in [7, 11) is 0. The Bertz CT molecular complexity index is 445. The Kier molecular flexibility index (Phi) is 5.67. The maximum Gasteiger partial charge on any atom is 0.165 e. The van der Waals surface area contributed by atoms with Crippen LogP contribution in [0.5, 0.6) is 0 Å². The summed E-state index contributed by atoms with van der Waals surface area (Å²) in [6, 6.07) is 1.54. The van der Waals surface area contributed by atoms with E-state index in [0.29, 0.717) is 13.0 Å². The summed E-state index contributed by atoms with van der Waals surface area (Å²) in [5, 5.41) is 0.112. The van der Waals surface area contributed by atoms with Gasteiger partial charge in [0.2, 0.25) is 0 Å². The monoisotopic (exact) mass is 292 g/mol. The van der Waals surface area contributed by atoms with Crippen LogP contribution in [0.25, 0.3) is 0 Å². The van der Waals surface area contributed by atoms with Crippen molar-refractivity contribution in [1.29, 1.82) is 0 Å². The summed E-state index contributed by atoms with van der Waals surface area (Å²) >= 11 is 5.98. The molecule has 108 valence electrons. The van der Waals surface area contributed by atoms with Gasteiger partial charge >= 0.3 is 0 Å². The van der Waals surface area contributed by atoms with Gasteiger partial charge in [-0.1, -0.05) is 18.5 Å². The Morgan fingerprint density at radius 2 is 2.05 bits per heavy atom. The summed E-state index contributed by atoms with van der Waals surface area (Å²) in [5.74, 6) is 3.54. The number of nitrogens with two attached hydrogens (primary N) is 1. The number of ether oxygens (including phenoxy) is 1. The number of benzene rings is 1. The quantitative estimate of drug-likeness (QED) is 0.480. The van der Waals surface area contributed by atoms with E-state index >= 15 is 0 Å². The standard InChI is InChI=1S/C13H19ClF2N2O/c1-4-13(3,19-5-2)12(18-17)10-8(14)6-7-9(15)11(10)16/h6-7,12,18H,4-5,17H2,1-3H3. The maximum absolute atomic E-state index is 14.0. The fourth-order valence-corrected chi connectivity index (χ4v) is 2.35. The first kappa shape index (κ1) is 16.3. The molecule has 0 saturated carbocycles. The van der Waals surface area contributed by atoms with E-state index in [1.807, 2.05) is 13.8 Å². The molecule has 19 heavy (non-hydrogen) atoms. The van der Waals surface area contributed by atoms with Gasteiger partial charge in [0.05, 0.1) is 11.6 Å². The van der Waals surface area contributed by atoms with E-state index in [1.54, 1.807) is 6.92 Å². The molecule has 0 aromatic heterocycles. The lowest BCUT2D eigenvalue weighted by molar-refractivity contribution is -0.0572. The van der Waals surface area contributed by atoms with Crippen molar-refractivity contribution >= 4 is 11.6 Å². The predicted octanol–water partition coefficient (Wildman–Crippen LogP) is 3.33. The molecule has 0 aliphatic heterocycles. The molecular weight excluding hydrogens is 274 g/mol. The van der Waals surface area contributed by atoms with Crippen molar-refractivity contribution in [1.82, 2.24) is 5.43 Å². The highest BCUT2D eigenvalue weighted by Gasteiger charge is 2.37. The first-order chi connectivity index (χ1) is 8.91. The Balaban J connectivity index is 3.34. The van der Waals surface area contributed by atoms with Crippen molar-refractivity contribution in [2.24, 2.45) is 5.84 Å². The van der Waals surface area contributed by atoms with Gasteiger partial charge in [0.15, 0.2) is 11.6 Å². The van der Waals surface area contributed by atoms with E-state index in [9.17, 15) is 8.78 Å². The van der Waals surface area contributed by atoms with Crippen LogP contribution in [0, 0.1) is 11.6 Å². The molecule has 1 aromatic rings. The van der Waals surface area contributed by atoms with Crippen LogP contribution < -0.4 is 11.3 Å². The molecule has 0 aliphatic rings. The topological polar surface area (TPSA) is 47.3 Å². The molecule has 3 nitrogen and oxygen atoms in total. The lowest BCUT2D eigenvalue weighted by Crippen LogP contribution is -2.47. The Hall–Kier alpha value is -0.750. The normalized spacial score (nSPS) is 16.2. The van der Waals surface area contributed by atoms with Crippen molar-refractivity contribution in [3.8, 4) is 0 Å². The van der Waals surface area contributed by atoms with Crippen LogP contribution in [0.2, 0.25) is 5.02 Å². The second-order valence-corrected chi connectivity index (χ2v) is 4.86. The molecule has 0 radical (unpaired) electrons. The summed E-state index contributed by atoms with van der Waals surface area (Å²) < 4.78 is 33.0. The molecule has 0 fully saturated rings. The molecule has 3 N–H and O–H groups in total. The molecule has 0 amide bonds. The van der Waals surface area contributed by atoms with Crippen LogP contribution in [0.15, 0.2) is 12.1 Å². The molecule has 0 aliphatic carbocycles. The van der Waals surface area contributed by atoms with Gasteiger partial charge < -0.3 is 4.74 Å². The molecule has 0 spiro atoms. The summed E-state index contributed by atoms with van der Waals surface area (Å²) in [6.07, 6.45) is 0.558. The highest BCUT2D eigenvalue weighted by molar-refractivity contribution is 6.31. The minimum absolute atomic E-state index is 0.0121. The minimum atomic E-state index is -1.00. The second-order valence-electron chi connectivity index (χ2n) is 4.46. The molecule has 1 aromatic carbocycles. The number of hydrogen-bond acceptors (Lipinski definition) is 3. The third-order valence-electron chi connectivity index (χ3n) is 3.32. The number of hydrazine groups is 1. The largest absolute Gasteiger partial charge is 0.374 e. The SMILES string of the molecule is CCOC(C)(CC)C(NN)c1c(Cl)ccc(F)c1F. The zero-order chi connectivity index (χ0) is 14.6. The molecule has 0 bridgehead atoms. The van der Waals surface area contributed by atoms with Gasteiger partial charge in [-0.15, -0.1) is 0 Å². The average molecular weight is 293 g/mol. The number of halogens is 3. The third kappa shape index (κ3) is 3.23. The summed E-state index contributed by atoms with van der Waals surface area (Å²) in [5.41, 5.74) is 1.69. The van der Waals surface area contributed by atoms with E-state index in [2.05, 4.69) is 5.43 Å². The van der Waals surface area contributed by atoms with Crippen LogP contribution in [0.1, 0.15) is 38.8 Å². The Morgan fingerprint density at radius 3 is 2.53 bits per heavy atom. The number of nitrogens with one attached hydrogen (secondary N) is 1. The van der Waals surface area contributed by atoms with Gasteiger partial charge in [-0.2, -0.15) is 0 Å². The van der Waals surface area contributed by atoms with E-state index < -0.39 is 23.3 Å². The van der Waals surface area contributed by atoms with Crippen molar-refractivity contribution < 1.29 is 13.5 Å². The third-order valence-corrected chi connectivity index (χ3v) is 3.65. The van der Waals surface area contributed by atoms with Crippen LogP contribution in [-0.2, 0) is 4.74 Å². The van der Waals surface area contributed by atoms with Crippen LogP contribution in [0.3, 0.4) is 0 Å². The van der Waals surface area contributed by atoms with Crippen LogP contribution in [-0.4, -0.2) is 12.2 Å². The molecule has 0 heterocycles. The van der Waals surface area contributed by atoms with Gasteiger partial charge in [-0.25, -0.2) is 14.2 Å². The van der Waals surface area contributed by atoms with Gasteiger partial charge in [0.25, 0.3) is 0 Å². The van der Waals surface area contributed by atoms with Crippen molar-refractivity contribution in [2.45, 2.75) is 38.8 Å². The molecule has 2 atom stereocenters.